The van der Waals surface area contributed by atoms with Crippen molar-refractivity contribution in [3.05, 3.63) is 54.2 Å². The van der Waals surface area contributed by atoms with Crippen LogP contribution < -0.4 is 11.1 Å². The van der Waals surface area contributed by atoms with Gasteiger partial charge in [-0.05, 0) is 29.3 Å². The van der Waals surface area contributed by atoms with E-state index in [9.17, 15) is 0 Å². The van der Waals surface area contributed by atoms with Crippen LogP contribution in [0.15, 0.2) is 48.7 Å². The largest absolute Gasteiger partial charge is 0.399 e. The minimum absolute atomic E-state index is 0.777. The smallest absolute Gasteiger partial charge is 0.0480 e. The molecule has 2 nitrogen and oxygen atoms in total. The lowest BCUT2D eigenvalue weighted by molar-refractivity contribution is 1.57. The first-order chi connectivity index (χ1) is 7.84. The molecule has 78 valence electrons. The Hall–Kier alpha value is -2.22. The Labute approximate surface area is 94.4 Å². The number of benzene rings is 2. The molecule has 3 N–H and O–H groups in total. The Morgan fingerprint density at radius 2 is 1.81 bits per heavy atom. The molecule has 0 aromatic heterocycles. The Morgan fingerprint density at radius 3 is 2.75 bits per heavy atom. The lowest BCUT2D eigenvalue weighted by Crippen LogP contribution is -1.92. The molecule has 1 aliphatic heterocycles. The Morgan fingerprint density at radius 1 is 0.938 bits per heavy atom. The molecule has 0 saturated carbocycles. The molecule has 0 aliphatic carbocycles. The molecule has 0 unspecified atom stereocenters. The molecule has 2 aromatic carbocycles. The zero-order valence-electron chi connectivity index (χ0n) is 8.77. The monoisotopic (exact) mass is 208 g/mol. The van der Waals surface area contributed by atoms with Crippen LogP contribution >= 0.6 is 0 Å². The molecule has 0 saturated heterocycles. The van der Waals surface area contributed by atoms with Crippen LogP contribution in [0.2, 0.25) is 0 Å². The zero-order valence-corrected chi connectivity index (χ0v) is 8.77. The van der Waals surface area contributed by atoms with E-state index < -0.39 is 0 Å². The third kappa shape index (κ3) is 1.36. The van der Waals surface area contributed by atoms with Crippen molar-refractivity contribution in [1.82, 2.24) is 0 Å². The minimum Gasteiger partial charge on any atom is -0.399 e. The van der Waals surface area contributed by atoms with Gasteiger partial charge in [0.05, 0.1) is 0 Å². The summed E-state index contributed by atoms with van der Waals surface area (Å²) in [6.07, 6.45) is 4.02. The molecular formula is C14H12N2. The molecule has 2 heteroatoms. The number of hydrogen-bond acceptors (Lipinski definition) is 2. The van der Waals surface area contributed by atoms with Gasteiger partial charge in [0.1, 0.15) is 0 Å². The predicted octanol–water partition coefficient (Wildman–Crippen LogP) is 3.33. The average molecular weight is 208 g/mol. The molecule has 3 rings (SSSR count). The van der Waals surface area contributed by atoms with Crippen molar-refractivity contribution in [3.63, 3.8) is 0 Å². The summed E-state index contributed by atoms with van der Waals surface area (Å²) < 4.78 is 0. The van der Waals surface area contributed by atoms with Crippen LogP contribution in [0.3, 0.4) is 0 Å². The summed E-state index contributed by atoms with van der Waals surface area (Å²) in [5, 5.41) is 3.25. The van der Waals surface area contributed by atoms with E-state index in [1.54, 1.807) is 0 Å². The Kier molecular flexibility index (Phi) is 1.93. The maximum absolute atomic E-state index is 5.79. The predicted molar refractivity (Wildman–Crippen MR) is 68.9 cm³/mol. The number of fused-ring (bicyclic) bond motifs is 3. The van der Waals surface area contributed by atoms with Crippen molar-refractivity contribution in [1.29, 1.82) is 0 Å². The van der Waals surface area contributed by atoms with Crippen molar-refractivity contribution in [2.24, 2.45) is 0 Å². The van der Waals surface area contributed by atoms with Gasteiger partial charge in [-0.25, -0.2) is 0 Å². The Bertz CT molecular complexity index is 571. The van der Waals surface area contributed by atoms with E-state index in [0.29, 0.717) is 0 Å². The van der Waals surface area contributed by atoms with Gasteiger partial charge < -0.3 is 11.1 Å². The van der Waals surface area contributed by atoms with Gasteiger partial charge >= 0.3 is 0 Å². The van der Waals surface area contributed by atoms with Gasteiger partial charge in [0, 0.05) is 23.1 Å². The minimum atomic E-state index is 0.777. The fourth-order valence-electron chi connectivity index (χ4n) is 2.02. The first-order valence-electron chi connectivity index (χ1n) is 5.26. The molecule has 0 amide bonds. The van der Waals surface area contributed by atoms with E-state index in [2.05, 4.69) is 35.7 Å². The highest BCUT2D eigenvalue weighted by Gasteiger charge is 2.10. The van der Waals surface area contributed by atoms with E-state index in [1.807, 2.05) is 24.4 Å². The molecule has 0 bridgehead atoms. The number of nitrogens with one attached hydrogen (secondary N) is 1. The van der Waals surface area contributed by atoms with Gasteiger partial charge in [0.15, 0.2) is 0 Å². The molecule has 0 atom stereocenters. The van der Waals surface area contributed by atoms with Crippen molar-refractivity contribution in [2.75, 3.05) is 11.1 Å². The van der Waals surface area contributed by atoms with Crippen molar-refractivity contribution in [3.8, 4) is 11.1 Å². The van der Waals surface area contributed by atoms with Crippen LogP contribution in [-0.4, -0.2) is 0 Å². The maximum atomic E-state index is 5.79. The second-order valence-corrected chi connectivity index (χ2v) is 3.87. The van der Waals surface area contributed by atoms with Gasteiger partial charge in [-0.15, -0.1) is 0 Å². The fraction of sp³-hybridized carbons (Fsp3) is 0. The number of nitrogen functional groups attached to an aromatic ring is 1. The summed E-state index contributed by atoms with van der Waals surface area (Å²) in [5.74, 6) is 0. The normalized spacial score (nSPS) is 12.2. The first kappa shape index (κ1) is 9.04. The molecule has 0 spiro atoms. The lowest BCUT2D eigenvalue weighted by Gasteiger charge is -2.09. The van der Waals surface area contributed by atoms with Gasteiger partial charge in [0.2, 0.25) is 0 Å². The maximum Gasteiger partial charge on any atom is 0.0480 e. The van der Waals surface area contributed by atoms with E-state index >= 15 is 0 Å². The van der Waals surface area contributed by atoms with Gasteiger partial charge in [-0.2, -0.15) is 0 Å². The number of nitrogens with two attached hydrogens (primary N) is 1. The average Bonchev–Trinajstić information content (AvgIpc) is 2.47. The van der Waals surface area contributed by atoms with Crippen LogP contribution in [0, 0.1) is 0 Å². The van der Waals surface area contributed by atoms with Crippen molar-refractivity contribution < 1.29 is 0 Å². The summed E-state index contributed by atoms with van der Waals surface area (Å²) in [4.78, 5) is 0. The lowest BCUT2D eigenvalue weighted by atomic mass is 9.99. The summed E-state index contributed by atoms with van der Waals surface area (Å²) in [5.41, 5.74) is 11.3. The molecule has 0 fully saturated rings. The quantitative estimate of drug-likeness (QED) is 0.652. The van der Waals surface area contributed by atoms with Gasteiger partial charge in [-0.3, -0.25) is 0 Å². The summed E-state index contributed by atoms with van der Waals surface area (Å²) in [6, 6.07) is 14.3. The van der Waals surface area contributed by atoms with Crippen LogP contribution in [-0.2, 0) is 0 Å². The zero-order chi connectivity index (χ0) is 11.0. The summed E-state index contributed by atoms with van der Waals surface area (Å²) >= 11 is 0. The van der Waals surface area contributed by atoms with Crippen molar-refractivity contribution in [2.45, 2.75) is 0 Å². The molecule has 1 heterocycles. The number of hydrogen-bond donors (Lipinski definition) is 2. The molecule has 0 radical (unpaired) electrons. The number of anilines is 2. The van der Waals surface area contributed by atoms with E-state index in [4.69, 9.17) is 5.73 Å². The van der Waals surface area contributed by atoms with Crippen molar-refractivity contribution >= 4 is 17.5 Å². The van der Waals surface area contributed by atoms with Crippen LogP contribution in [0.25, 0.3) is 17.2 Å². The third-order valence-corrected chi connectivity index (χ3v) is 2.80. The highest BCUT2D eigenvalue weighted by molar-refractivity contribution is 5.88. The molecular weight excluding hydrogens is 196 g/mol. The second kappa shape index (κ2) is 3.42. The van der Waals surface area contributed by atoms with Crippen LogP contribution in [0.4, 0.5) is 11.4 Å². The third-order valence-electron chi connectivity index (χ3n) is 2.80. The van der Waals surface area contributed by atoms with E-state index in [0.717, 1.165) is 11.4 Å². The molecule has 1 aliphatic rings. The second-order valence-electron chi connectivity index (χ2n) is 3.87. The SMILES string of the molecule is Nc1ccc2c(c1)NC=Cc1ccccc1-2. The van der Waals surface area contributed by atoms with E-state index in [-0.39, 0.29) is 0 Å². The summed E-state index contributed by atoms with van der Waals surface area (Å²) in [7, 11) is 0. The van der Waals surface area contributed by atoms with Crippen LogP contribution in [0.5, 0.6) is 0 Å². The first-order valence-corrected chi connectivity index (χ1v) is 5.26. The standard InChI is InChI=1S/C14H12N2/c15-11-5-6-13-12-4-2-1-3-10(12)7-8-16-14(13)9-11/h1-9,16H,15H2. The fourth-order valence-corrected chi connectivity index (χ4v) is 2.02. The highest BCUT2D eigenvalue weighted by Crippen LogP contribution is 2.34. The highest BCUT2D eigenvalue weighted by atomic mass is 14.8. The Balaban J connectivity index is 2.30. The summed E-state index contributed by atoms with van der Waals surface area (Å²) in [6.45, 7) is 0. The number of rotatable bonds is 0. The topological polar surface area (TPSA) is 38.0 Å². The van der Waals surface area contributed by atoms with Gasteiger partial charge in [-0.1, -0.05) is 30.3 Å². The van der Waals surface area contributed by atoms with E-state index in [1.165, 1.54) is 16.7 Å². The molecule has 16 heavy (non-hydrogen) atoms. The molecule has 2 aromatic rings. The van der Waals surface area contributed by atoms with Gasteiger partial charge in [0.25, 0.3) is 0 Å². The van der Waals surface area contributed by atoms with Crippen LogP contribution in [0.1, 0.15) is 5.56 Å².